The number of aromatic nitrogens is 3. The number of ether oxygens (including phenoxy) is 1. The molecule has 0 bridgehead atoms. The fourth-order valence-corrected chi connectivity index (χ4v) is 6.51. The molecule has 9 heteroatoms. The minimum Gasteiger partial charge on any atom is -0.481 e. The Morgan fingerprint density at radius 3 is 2.54 bits per heavy atom. The van der Waals surface area contributed by atoms with Crippen LogP contribution in [0.4, 0.5) is 5.95 Å². The van der Waals surface area contributed by atoms with Gasteiger partial charge in [-0.15, -0.1) is 0 Å². The van der Waals surface area contributed by atoms with Gasteiger partial charge in [0.05, 0.1) is 29.3 Å². The average molecular weight is 496 g/mol. The van der Waals surface area contributed by atoms with Crippen LogP contribution < -0.4 is 15.8 Å². The van der Waals surface area contributed by atoms with Crippen LogP contribution in [0.25, 0.3) is 22.0 Å². The third-order valence-corrected chi connectivity index (χ3v) is 9.24. The van der Waals surface area contributed by atoms with E-state index in [9.17, 15) is 8.42 Å². The van der Waals surface area contributed by atoms with Gasteiger partial charge in [-0.1, -0.05) is 6.92 Å². The number of pyridine rings is 1. The summed E-state index contributed by atoms with van der Waals surface area (Å²) in [7, 11) is -1.59. The zero-order valence-corrected chi connectivity index (χ0v) is 21.1. The Labute approximate surface area is 206 Å². The van der Waals surface area contributed by atoms with E-state index in [1.807, 2.05) is 18.3 Å². The number of anilines is 1. The Morgan fingerprint density at radius 1 is 1.09 bits per heavy atom. The second-order valence-electron chi connectivity index (χ2n) is 9.74. The molecule has 5 rings (SSSR count). The van der Waals surface area contributed by atoms with Gasteiger partial charge in [0, 0.05) is 29.2 Å². The second-order valence-corrected chi connectivity index (χ2v) is 12.0. The lowest BCUT2D eigenvalue weighted by molar-refractivity contribution is 0.398. The van der Waals surface area contributed by atoms with Crippen molar-refractivity contribution in [3.05, 3.63) is 41.7 Å². The molecule has 0 amide bonds. The molecule has 3 aromatic rings. The van der Waals surface area contributed by atoms with Crippen LogP contribution in [0.1, 0.15) is 56.7 Å². The SMILES string of the molecule is CCc1cc(-c2ccc(CS(=O)(=O)C3CC3)nc2OC)cc2cnc(NC3CCC(N)CC3)nc12. The average Bonchev–Trinajstić information content (AvgIpc) is 3.71. The zero-order chi connectivity index (χ0) is 24.6. The molecule has 3 N–H and O–H groups in total. The molecule has 2 fully saturated rings. The number of benzene rings is 1. The first-order valence-corrected chi connectivity index (χ1v) is 14.2. The number of fused-ring (bicyclic) bond motifs is 1. The molecule has 186 valence electrons. The van der Waals surface area contributed by atoms with Crippen molar-refractivity contribution in [2.45, 2.75) is 75.0 Å². The molecule has 0 spiro atoms. The van der Waals surface area contributed by atoms with Gasteiger partial charge < -0.3 is 15.8 Å². The summed E-state index contributed by atoms with van der Waals surface area (Å²) >= 11 is 0. The Morgan fingerprint density at radius 2 is 1.86 bits per heavy atom. The standard InChI is InChI=1S/C26H33N5O3S/c1-3-16-12-17(23-11-8-21(29-25(23)34-2)15-35(32,33)22-9-10-22)13-18-14-28-26(31-24(16)18)30-20-6-4-19(27)5-7-20/h8,11-14,19-20,22H,3-7,9-10,15,27H2,1-2H3,(H,28,30,31). The van der Waals surface area contributed by atoms with E-state index in [4.69, 9.17) is 15.5 Å². The largest absolute Gasteiger partial charge is 0.481 e. The predicted octanol–water partition coefficient (Wildman–Crippen LogP) is 4.02. The molecular weight excluding hydrogens is 462 g/mol. The second kappa shape index (κ2) is 9.70. The molecule has 2 aliphatic rings. The third kappa shape index (κ3) is 5.26. The highest BCUT2D eigenvalue weighted by Crippen LogP contribution is 2.35. The van der Waals surface area contributed by atoms with E-state index in [-0.39, 0.29) is 11.0 Å². The minimum absolute atomic E-state index is 0.0528. The summed E-state index contributed by atoms with van der Waals surface area (Å²) in [6.07, 6.45) is 8.29. The van der Waals surface area contributed by atoms with Gasteiger partial charge in [-0.3, -0.25) is 0 Å². The summed E-state index contributed by atoms with van der Waals surface area (Å²) in [6, 6.07) is 8.49. The number of aryl methyl sites for hydroxylation is 1. The van der Waals surface area contributed by atoms with Crippen LogP contribution in [0.3, 0.4) is 0 Å². The minimum atomic E-state index is -3.15. The summed E-state index contributed by atoms with van der Waals surface area (Å²) < 4.78 is 30.4. The number of methoxy groups -OCH3 is 1. The van der Waals surface area contributed by atoms with Gasteiger partial charge in [0.25, 0.3) is 0 Å². The lowest BCUT2D eigenvalue weighted by Gasteiger charge is -2.26. The highest BCUT2D eigenvalue weighted by Gasteiger charge is 2.36. The molecule has 2 aromatic heterocycles. The van der Waals surface area contributed by atoms with E-state index in [1.54, 1.807) is 13.2 Å². The Hall–Kier alpha value is -2.78. The molecule has 0 saturated heterocycles. The van der Waals surface area contributed by atoms with Crippen molar-refractivity contribution in [2.24, 2.45) is 5.73 Å². The maximum Gasteiger partial charge on any atom is 0.223 e. The van der Waals surface area contributed by atoms with E-state index in [1.165, 1.54) is 0 Å². The summed E-state index contributed by atoms with van der Waals surface area (Å²) in [5.41, 5.74) is 10.3. The van der Waals surface area contributed by atoms with Crippen molar-refractivity contribution in [3.8, 4) is 17.0 Å². The zero-order valence-electron chi connectivity index (χ0n) is 20.3. The van der Waals surface area contributed by atoms with Gasteiger partial charge in [-0.2, -0.15) is 0 Å². The summed E-state index contributed by atoms with van der Waals surface area (Å²) in [5.74, 6) is 1.02. The van der Waals surface area contributed by atoms with Gasteiger partial charge >= 0.3 is 0 Å². The Balaban J connectivity index is 1.44. The summed E-state index contributed by atoms with van der Waals surface area (Å²) in [5, 5.41) is 4.22. The van der Waals surface area contributed by atoms with Gasteiger partial charge in [-0.25, -0.2) is 23.4 Å². The van der Waals surface area contributed by atoms with Crippen molar-refractivity contribution in [1.29, 1.82) is 0 Å². The Kier molecular flexibility index (Phi) is 6.63. The van der Waals surface area contributed by atoms with Crippen molar-refractivity contribution < 1.29 is 13.2 Å². The molecule has 0 aliphatic heterocycles. The fourth-order valence-electron chi connectivity index (χ4n) is 4.85. The van der Waals surface area contributed by atoms with Crippen LogP contribution in [0.2, 0.25) is 0 Å². The topological polar surface area (TPSA) is 120 Å². The van der Waals surface area contributed by atoms with Crippen molar-refractivity contribution in [3.63, 3.8) is 0 Å². The number of nitrogens with zero attached hydrogens (tertiary/aromatic N) is 3. The van der Waals surface area contributed by atoms with E-state index in [2.05, 4.69) is 28.3 Å². The molecule has 0 radical (unpaired) electrons. The first-order chi connectivity index (χ1) is 16.9. The van der Waals surface area contributed by atoms with Crippen LogP contribution in [-0.4, -0.2) is 47.8 Å². The monoisotopic (exact) mass is 495 g/mol. The van der Waals surface area contributed by atoms with Crippen molar-refractivity contribution >= 4 is 26.7 Å². The van der Waals surface area contributed by atoms with E-state index in [0.29, 0.717) is 29.6 Å². The quantitative estimate of drug-likeness (QED) is 0.481. The van der Waals surface area contributed by atoms with Crippen LogP contribution in [0, 0.1) is 0 Å². The molecule has 2 aliphatic carbocycles. The lowest BCUT2D eigenvalue weighted by atomic mass is 9.92. The fraction of sp³-hybridized carbons (Fsp3) is 0.500. The molecule has 0 atom stereocenters. The van der Waals surface area contributed by atoms with Crippen LogP contribution >= 0.6 is 0 Å². The lowest BCUT2D eigenvalue weighted by Crippen LogP contribution is -2.33. The van der Waals surface area contributed by atoms with Gasteiger partial charge in [-0.05, 0) is 80.3 Å². The van der Waals surface area contributed by atoms with Gasteiger partial charge in [0.2, 0.25) is 11.8 Å². The number of hydrogen-bond acceptors (Lipinski definition) is 8. The summed E-state index contributed by atoms with van der Waals surface area (Å²) in [4.78, 5) is 14.0. The molecule has 8 nitrogen and oxygen atoms in total. The molecule has 0 unspecified atom stereocenters. The number of hydrogen-bond donors (Lipinski definition) is 2. The molecule has 35 heavy (non-hydrogen) atoms. The molecule has 2 heterocycles. The maximum atomic E-state index is 12.4. The van der Waals surface area contributed by atoms with Crippen molar-refractivity contribution in [2.75, 3.05) is 12.4 Å². The molecular formula is C26H33N5O3S. The Bertz CT molecular complexity index is 1330. The first-order valence-electron chi connectivity index (χ1n) is 12.4. The van der Waals surface area contributed by atoms with Gasteiger partial charge in [0.1, 0.15) is 0 Å². The number of nitrogens with one attached hydrogen (secondary N) is 1. The van der Waals surface area contributed by atoms with Gasteiger partial charge in [0.15, 0.2) is 9.84 Å². The molecule has 1 aromatic carbocycles. The third-order valence-electron chi connectivity index (χ3n) is 7.05. The maximum absolute atomic E-state index is 12.4. The smallest absolute Gasteiger partial charge is 0.223 e. The number of rotatable bonds is 8. The van der Waals surface area contributed by atoms with Crippen LogP contribution in [-0.2, 0) is 22.0 Å². The summed E-state index contributed by atoms with van der Waals surface area (Å²) in [6.45, 7) is 2.11. The van der Waals surface area contributed by atoms with Crippen molar-refractivity contribution in [1.82, 2.24) is 15.0 Å². The highest BCUT2D eigenvalue weighted by molar-refractivity contribution is 7.91. The van der Waals surface area contributed by atoms with Crippen LogP contribution in [0.5, 0.6) is 5.88 Å². The van der Waals surface area contributed by atoms with E-state index < -0.39 is 9.84 Å². The van der Waals surface area contributed by atoms with E-state index >= 15 is 0 Å². The first kappa shape index (κ1) is 23.9. The predicted molar refractivity (Wildman–Crippen MR) is 138 cm³/mol. The van der Waals surface area contributed by atoms with Crippen LogP contribution in [0.15, 0.2) is 30.5 Å². The normalized spacial score (nSPS) is 20.7. The molecule has 2 saturated carbocycles. The number of nitrogens with two attached hydrogens (primary N) is 1. The highest BCUT2D eigenvalue weighted by atomic mass is 32.2. The van der Waals surface area contributed by atoms with E-state index in [0.717, 1.165) is 72.5 Å². The number of sulfone groups is 1.